The van der Waals surface area contributed by atoms with E-state index in [1.54, 1.807) is 0 Å². The van der Waals surface area contributed by atoms with Crippen LogP contribution >= 0.6 is 15.9 Å². The van der Waals surface area contributed by atoms with Gasteiger partial charge >= 0.3 is 0 Å². The second kappa shape index (κ2) is 4.86. The van der Waals surface area contributed by atoms with Crippen LogP contribution in [0.3, 0.4) is 0 Å². The summed E-state index contributed by atoms with van der Waals surface area (Å²) in [7, 11) is 0. The van der Waals surface area contributed by atoms with Crippen molar-refractivity contribution in [1.29, 1.82) is 0 Å². The summed E-state index contributed by atoms with van der Waals surface area (Å²) in [5.41, 5.74) is 0. The number of rotatable bonds is 3. The van der Waals surface area contributed by atoms with Gasteiger partial charge in [-0.1, -0.05) is 35.7 Å². The van der Waals surface area contributed by atoms with E-state index < -0.39 is 0 Å². The van der Waals surface area contributed by atoms with Crippen molar-refractivity contribution in [3.05, 3.63) is 0 Å². The highest BCUT2D eigenvalue weighted by Crippen LogP contribution is 2.37. The maximum atomic E-state index is 11.9. The Labute approximate surface area is 100 Å². The third-order valence-electron chi connectivity index (χ3n) is 3.75. The molecule has 0 heterocycles. The Bertz CT molecular complexity index is 240. The molecule has 0 saturated heterocycles. The Morgan fingerprint density at radius 3 is 2.53 bits per heavy atom. The molecular formula is C12H20BrNO. The molecule has 2 fully saturated rings. The first-order valence-electron chi connectivity index (χ1n) is 6.13. The van der Waals surface area contributed by atoms with Crippen LogP contribution in [-0.2, 0) is 4.79 Å². The average molecular weight is 274 g/mol. The number of amides is 1. The normalized spacial score (nSPS) is 33.5. The topological polar surface area (TPSA) is 29.1 Å². The molecule has 1 amide bonds. The maximum Gasteiger partial charge on any atom is 0.223 e. The molecule has 2 aliphatic rings. The summed E-state index contributed by atoms with van der Waals surface area (Å²) < 4.78 is 0. The zero-order valence-electron chi connectivity index (χ0n) is 9.34. The van der Waals surface area contributed by atoms with E-state index in [0.29, 0.717) is 16.8 Å². The van der Waals surface area contributed by atoms with Crippen molar-refractivity contribution in [3.63, 3.8) is 0 Å². The molecule has 2 aliphatic carbocycles. The first-order chi connectivity index (χ1) is 7.18. The van der Waals surface area contributed by atoms with Crippen LogP contribution in [-0.4, -0.2) is 16.8 Å². The molecular weight excluding hydrogens is 254 g/mol. The van der Waals surface area contributed by atoms with Gasteiger partial charge in [-0.25, -0.2) is 0 Å². The van der Waals surface area contributed by atoms with E-state index in [1.165, 1.54) is 32.1 Å². The average Bonchev–Trinajstić information content (AvgIpc) is 3.04. The molecule has 3 unspecified atom stereocenters. The molecule has 1 N–H and O–H groups in total. The van der Waals surface area contributed by atoms with E-state index >= 15 is 0 Å². The smallest absolute Gasteiger partial charge is 0.223 e. The van der Waals surface area contributed by atoms with Gasteiger partial charge in [-0.3, -0.25) is 4.79 Å². The molecule has 0 radical (unpaired) electrons. The van der Waals surface area contributed by atoms with Gasteiger partial charge in [0.1, 0.15) is 0 Å². The second-order valence-corrected chi connectivity index (χ2v) is 6.22. The lowest BCUT2D eigenvalue weighted by molar-refractivity contribution is -0.125. The fourth-order valence-electron chi connectivity index (χ4n) is 2.37. The van der Waals surface area contributed by atoms with Crippen LogP contribution in [0.1, 0.15) is 45.4 Å². The number of carbonyl (C=O) groups is 1. The highest BCUT2D eigenvalue weighted by Gasteiger charge is 2.34. The van der Waals surface area contributed by atoms with E-state index in [0.717, 1.165) is 6.42 Å². The summed E-state index contributed by atoms with van der Waals surface area (Å²) in [6.45, 7) is 2.07. The Morgan fingerprint density at radius 2 is 1.93 bits per heavy atom. The summed E-state index contributed by atoms with van der Waals surface area (Å²) in [4.78, 5) is 12.4. The van der Waals surface area contributed by atoms with Gasteiger partial charge in [-0.05, 0) is 31.6 Å². The Balaban J connectivity index is 1.81. The SMILES string of the molecule is CC(C(=O)NC1CCCCC1Br)C1CC1. The van der Waals surface area contributed by atoms with Crippen molar-refractivity contribution < 1.29 is 4.79 Å². The summed E-state index contributed by atoms with van der Waals surface area (Å²) in [6, 6.07) is 0.368. The van der Waals surface area contributed by atoms with Crippen LogP contribution in [0.4, 0.5) is 0 Å². The van der Waals surface area contributed by atoms with Crippen molar-refractivity contribution in [2.24, 2.45) is 11.8 Å². The number of nitrogens with one attached hydrogen (secondary N) is 1. The van der Waals surface area contributed by atoms with Gasteiger partial charge in [-0.2, -0.15) is 0 Å². The van der Waals surface area contributed by atoms with E-state index in [9.17, 15) is 4.79 Å². The third-order valence-corrected chi connectivity index (χ3v) is 4.85. The Hall–Kier alpha value is -0.0500. The molecule has 0 aromatic heterocycles. The molecule has 0 bridgehead atoms. The zero-order chi connectivity index (χ0) is 10.8. The first kappa shape index (κ1) is 11.4. The van der Waals surface area contributed by atoms with Crippen molar-refractivity contribution in [3.8, 4) is 0 Å². The van der Waals surface area contributed by atoms with Crippen molar-refractivity contribution >= 4 is 21.8 Å². The fourth-order valence-corrected chi connectivity index (χ4v) is 3.09. The van der Waals surface area contributed by atoms with E-state index in [-0.39, 0.29) is 11.8 Å². The summed E-state index contributed by atoms with van der Waals surface area (Å²) in [5.74, 6) is 1.17. The number of hydrogen-bond acceptors (Lipinski definition) is 1. The maximum absolute atomic E-state index is 11.9. The zero-order valence-corrected chi connectivity index (χ0v) is 10.9. The minimum Gasteiger partial charge on any atom is -0.352 e. The summed E-state index contributed by atoms with van der Waals surface area (Å²) >= 11 is 3.67. The van der Waals surface area contributed by atoms with Crippen LogP contribution in [0, 0.1) is 11.8 Å². The molecule has 0 aliphatic heterocycles. The van der Waals surface area contributed by atoms with Crippen LogP contribution < -0.4 is 5.32 Å². The molecule has 3 atom stereocenters. The summed E-state index contributed by atoms with van der Waals surface area (Å²) in [6.07, 6.45) is 7.38. The highest BCUT2D eigenvalue weighted by molar-refractivity contribution is 9.09. The van der Waals surface area contributed by atoms with Crippen molar-refractivity contribution in [2.45, 2.75) is 56.3 Å². The summed E-state index contributed by atoms with van der Waals surface area (Å²) in [5, 5.41) is 3.20. The van der Waals surface area contributed by atoms with E-state index in [2.05, 4.69) is 28.2 Å². The molecule has 2 saturated carbocycles. The molecule has 15 heavy (non-hydrogen) atoms. The molecule has 86 valence electrons. The largest absolute Gasteiger partial charge is 0.352 e. The number of carbonyl (C=O) groups excluding carboxylic acids is 1. The minimum atomic E-state index is 0.228. The van der Waals surface area contributed by atoms with Gasteiger partial charge in [-0.15, -0.1) is 0 Å². The highest BCUT2D eigenvalue weighted by atomic mass is 79.9. The first-order valence-corrected chi connectivity index (χ1v) is 7.04. The molecule has 0 aromatic carbocycles. The van der Waals surface area contributed by atoms with Gasteiger partial charge < -0.3 is 5.32 Å². The Morgan fingerprint density at radius 1 is 1.27 bits per heavy atom. The predicted octanol–water partition coefficient (Wildman–Crippen LogP) is 2.85. The van der Waals surface area contributed by atoms with E-state index in [1.807, 2.05) is 0 Å². The number of hydrogen-bond donors (Lipinski definition) is 1. The Kier molecular flexibility index (Phi) is 3.70. The van der Waals surface area contributed by atoms with Crippen molar-refractivity contribution in [1.82, 2.24) is 5.32 Å². The monoisotopic (exact) mass is 273 g/mol. The molecule has 0 aromatic rings. The second-order valence-electron chi connectivity index (χ2n) is 5.04. The van der Waals surface area contributed by atoms with Gasteiger partial charge in [0.25, 0.3) is 0 Å². The standard InChI is InChI=1S/C12H20BrNO/c1-8(9-6-7-9)12(15)14-11-5-3-2-4-10(11)13/h8-11H,2-7H2,1H3,(H,14,15). The molecule has 2 rings (SSSR count). The lowest BCUT2D eigenvalue weighted by Crippen LogP contribution is -2.45. The molecule has 3 heteroatoms. The quantitative estimate of drug-likeness (QED) is 0.788. The van der Waals surface area contributed by atoms with Gasteiger partial charge in [0.2, 0.25) is 5.91 Å². The lowest BCUT2D eigenvalue weighted by atomic mass is 9.94. The van der Waals surface area contributed by atoms with Crippen LogP contribution in [0.2, 0.25) is 0 Å². The van der Waals surface area contributed by atoms with Gasteiger partial charge in [0, 0.05) is 16.8 Å². The van der Waals surface area contributed by atoms with Crippen LogP contribution in [0.5, 0.6) is 0 Å². The van der Waals surface area contributed by atoms with Crippen molar-refractivity contribution in [2.75, 3.05) is 0 Å². The minimum absolute atomic E-state index is 0.228. The van der Waals surface area contributed by atoms with Crippen LogP contribution in [0.15, 0.2) is 0 Å². The predicted molar refractivity (Wildman–Crippen MR) is 65.0 cm³/mol. The third kappa shape index (κ3) is 2.96. The van der Waals surface area contributed by atoms with Gasteiger partial charge in [0.05, 0.1) is 0 Å². The molecule has 0 spiro atoms. The van der Waals surface area contributed by atoms with Gasteiger partial charge in [0.15, 0.2) is 0 Å². The van der Waals surface area contributed by atoms with Crippen LogP contribution in [0.25, 0.3) is 0 Å². The fraction of sp³-hybridized carbons (Fsp3) is 0.917. The molecule has 2 nitrogen and oxygen atoms in total. The lowest BCUT2D eigenvalue weighted by Gasteiger charge is -2.29. The number of halogens is 1. The van der Waals surface area contributed by atoms with E-state index in [4.69, 9.17) is 0 Å². The number of alkyl halides is 1.